The lowest BCUT2D eigenvalue weighted by atomic mass is 9.98. The molecule has 0 atom stereocenters. The van der Waals surface area contributed by atoms with Crippen LogP contribution in [0.2, 0.25) is 0 Å². The van der Waals surface area contributed by atoms with Gasteiger partial charge in [-0.3, -0.25) is 4.79 Å². The second-order valence-electron chi connectivity index (χ2n) is 3.55. The summed E-state index contributed by atoms with van der Waals surface area (Å²) in [6, 6.07) is 5.50. The Hall–Kier alpha value is -1.31. The predicted octanol–water partition coefficient (Wildman–Crippen LogP) is 2.59. The van der Waals surface area contributed by atoms with Gasteiger partial charge < -0.3 is 5.73 Å². The van der Waals surface area contributed by atoms with Crippen molar-refractivity contribution in [1.29, 1.82) is 0 Å². The van der Waals surface area contributed by atoms with Crippen molar-refractivity contribution < 1.29 is 4.79 Å². The van der Waals surface area contributed by atoms with Crippen molar-refractivity contribution in [3.05, 3.63) is 29.3 Å². The fraction of sp³-hybridized carbons (Fsp3) is 0.364. The molecule has 0 bridgehead atoms. The van der Waals surface area contributed by atoms with E-state index in [4.69, 9.17) is 5.73 Å². The maximum atomic E-state index is 11.0. The number of nitrogens with two attached hydrogens (primary N) is 1. The van der Waals surface area contributed by atoms with E-state index in [1.165, 1.54) is 0 Å². The summed E-state index contributed by atoms with van der Waals surface area (Å²) >= 11 is 0. The van der Waals surface area contributed by atoms with Gasteiger partial charge in [0.2, 0.25) is 0 Å². The Labute approximate surface area is 78.8 Å². The van der Waals surface area contributed by atoms with Crippen molar-refractivity contribution >= 4 is 11.5 Å². The molecule has 0 aromatic heterocycles. The van der Waals surface area contributed by atoms with E-state index in [1.807, 2.05) is 12.1 Å². The highest BCUT2D eigenvalue weighted by Crippen LogP contribution is 2.22. The molecule has 0 saturated carbocycles. The minimum Gasteiger partial charge on any atom is -0.398 e. The van der Waals surface area contributed by atoms with Crippen LogP contribution in [-0.4, -0.2) is 5.78 Å². The van der Waals surface area contributed by atoms with Crippen molar-refractivity contribution in [1.82, 2.24) is 0 Å². The first-order valence-electron chi connectivity index (χ1n) is 4.42. The third kappa shape index (κ3) is 2.08. The molecule has 2 heteroatoms. The van der Waals surface area contributed by atoms with Gasteiger partial charge in [-0.25, -0.2) is 0 Å². The van der Waals surface area contributed by atoms with Gasteiger partial charge in [0.25, 0.3) is 0 Å². The summed E-state index contributed by atoms with van der Waals surface area (Å²) in [5.74, 6) is 0.461. The zero-order valence-electron chi connectivity index (χ0n) is 8.29. The minimum absolute atomic E-state index is 0.0574. The van der Waals surface area contributed by atoms with Crippen molar-refractivity contribution in [3.63, 3.8) is 0 Å². The van der Waals surface area contributed by atoms with Crippen LogP contribution in [0.4, 0.5) is 5.69 Å². The van der Waals surface area contributed by atoms with E-state index in [1.54, 1.807) is 13.0 Å². The maximum absolute atomic E-state index is 11.0. The van der Waals surface area contributed by atoms with Gasteiger partial charge in [0.1, 0.15) is 0 Å². The molecule has 0 unspecified atom stereocenters. The Morgan fingerprint density at radius 2 is 2.00 bits per heavy atom. The maximum Gasteiger partial charge on any atom is 0.159 e. The molecule has 0 aliphatic carbocycles. The number of ketones is 1. The average Bonchev–Trinajstić information content (AvgIpc) is 2.03. The molecule has 1 rings (SSSR count). The summed E-state index contributed by atoms with van der Waals surface area (Å²) in [5, 5.41) is 0. The van der Waals surface area contributed by atoms with E-state index >= 15 is 0 Å². The lowest BCUT2D eigenvalue weighted by Crippen LogP contribution is -2.00. The largest absolute Gasteiger partial charge is 0.398 e. The van der Waals surface area contributed by atoms with Crippen LogP contribution in [0, 0.1) is 0 Å². The summed E-state index contributed by atoms with van der Waals surface area (Å²) in [4.78, 5) is 11.0. The van der Waals surface area contributed by atoms with Crippen LogP contribution < -0.4 is 5.73 Å². The standard InChI is InChI=1S/C11H15NO/c1-7(2)10-5-4-9(8(3)13)6-11(10)12/h4-7H,12H2,1-3H3. The van der Waals surface area contributed by atoms with Crippen LogP contribution in [-0.2, 0) is 0 Å². The molecule has 1 aromatic carbocycles. The fourth-order valence-corrected chi connectivity index (χ4v) is 1.32. The predicted molar refractivity (Wildman–Crippen MR) is 54.9 cm³/mol. The molecule has 0 saturated heterocycles. The Bertz CT molecular complexity index is 329. The van der Waals surface area contributed by atoms with E-state index < -0.39 is 0 Å². The molecule has 0 heterocycles. The number of carbonyl (C=O) groups excluding carboxylic acids is 1. The highest BCUT2D eigenvalue weighted by molar-refractivity contribution is 5.95. The van der Waals surface area contributed by atoms with Gasteiger partial charge in [0.05, 0.1) is 0 Å². The van der Waals surface area contributed by atoms with E-state index in [-0.39, 0.29) is 5.78 Å². The Kier molecular flexibility index (Phi) is 2.71. The third-order valence-corrected chi connectivity index (χ3v) is 2.12. The number of anilines is 1. The van der Waals surface area contributed by atoms with E-state index in [9.17, 15) is 4.79 Å². The smallest absolute Gasteiger partial charge is 0.159 e. The number of nitrogen functional groups attached to an aromatic ring is 1. The van der Waals surface area contributed by atoms with Crippen LogP contribution >= 0.6 is 0 Å². The summed E-state index contributed by atoms with van der Waals surface area (Å²) in [7, 11) is 0. The molecule has 0 fully saturated rings. The van der Waals surface area contributed by atoms with Crippen molar-refractivity contribution in [2.75, 3.05) is 5.73 Å². The van der Waals surface area contributed by atoms with Crippen molar-refractivity contribution in [2.24, 2.45) is 0 Å². The molecule has 0 radical (unpaired) electrons. The lowest BCUT2D eigenvalue weighted by molar-refractivity contribution is 0.101. The fourth-order valence-electron chi connectivity index (χ4n) is 1.32. The quantitative estimate of drug-likeness (QED) is 0.557. The van der Waals surface area contributed by atoms with E-state index in [0.717, 1.165) is 5.56 Å². The molecule has 13 heavy (non-hydrogen) atoms. The molecule has 2 nitrogen and oxygen atoms in total. The SMILES string of the molecule is CC(=O)c1ccc(C(C)C)c(N)c1. The Balaban J connectivity index is 3.13. The van der Waals surface area contributed by atoms with Gasteiger partial charge in [-0.2, -0.15) is 0 Å². The Morgan fingerprint density at radius 1 is 1.38 bits per heavy atom. The molecule has 0 aliphatic heterocycles. The topological polar surface area (TPSA) is 43.1 Å². The zero-order chi connectivity index (χ0) is 10.0. The third-order valence-electron chi connectivity index (χ3n) is 2.12. The van der Waals surface area contributed by atoms with Crippen molar-refractivity contribution in [3.8, 4) is 0 Å². The van der Waals surface area contributed by atoms with Crippen LogP contribution in [0.1, 0.15) is 42.6 Å². The second-order valence-corrected chi connectivity index (χ2v) is 3.55. The van der Waals surface area contributed by atoms with Gasteiger partial charge in [-0.1, -0.05) is 26.0 Å². The van der Waals surface area contributed by atoms with Crippen molar-refractivity contribution in [2.45, 2.75) is 26.7 Å². The monoisotopic (exact) mass is 177 g/mol. The van der Waals surface area contributed by atoms with Crippen LogP contribution in [0.15, 0.2) is 18.2 Å². The molecular formula is C11H15NO. The second kappa shape index (κ2) is 3.60. The summed E-state index contributed by atoms with van der Waals surface area (Å²) in [5.41, 5.74) is 8.30. The Morgan fingerprint density at radius 3 is 2.38 bits per heavy atom. The number of Topliss-reactive ketones (excluding diaryl/α,β-unsaturated/α-hetero) is 1. The molecule has 0 amide bonds. The highest BCUT2D eigenvalue weighted by atomic mass is 16.1. The van der Waals surface area contributed by atoms with Gasteiger partial charge in [0.15, 0.2) is 5.78 Å². The molecular weight excluding hydrogens is 162 g/mol. The van der Waals surface area contributed by atoms with Gasteiger partial charge in [-0.05, 0) is 24.5 Å². The number of carbonyl (C=O) groups is 1. The molecule has 70 valence electrons. The van der Waals surface area contributed by atoms with Crippen LogP contribution in [0.5, 0.6) is 0 Å². The van der Waals surface area contributed by atoms with E-state index in [2.05, 4.69) is 13.8 Å². The number of rotatable bonds is 2. The van der Waals surface area contributed by atoms with Crippen LogP contribution in [0.3, 0.4) is 0 Å². The average molecular weight is 177 g/mol. The molecule has 2 N–H and O–H groups in total. The molecule has 1 aromatic rings. The first-order valence-corrected chi connectivity index (χ1v) is 4.42. The first-order chi connectivity index (χ1) is 6.02. The number of benzene rings is 1. The lowest BCUT2D eigenvalue weighted by Gasteiger charge is -2.09. The molecule has 0 spiro atoms. The van der Waals surface area contributed by atoms with Gasteiger partial charge >= 0.3 is 0 Å². The minimum atomic E-state index is 0.0574. The number of hydrogen-bond donors (Lipinski definition) is 1. The normalized spacial score (nSPS) is 10.5. The summed E-state index contributed by atoms with van der Waals surface area (Å²) < 4.78 is 0. The number of hydrogen-bond acceptors (Lipinski definition) is 2. The van der Waals surface area contributed by atoms with Crippen LogP contribution in [0.25, 0.3) is 0 Å². The van der Waals surface area contributed by atoms with Gasteiger partial charge in [-0.15, -0.1) is 0 Å². The summed E-state index contributed by atoms with van der Waals surface area (Å²) in [6.07, 6.45) is 0. The van der Waals surface area contributed by atoms with Gasteiger partial charge in [0, 0.05) is 11.3 Å². The molecule has 0 aliphatic rings. The first kappa shape index (κ1) is 9.78. The van der Waals surface area contributed by atoms with E-state index in [0.29, 0.717) is 17.2 Å². The zero-order valence-corrected chi connectivity index (χ0v) is 8.29. The summed E-state index contributed by atoms with van der Waals surface area (Å²) in [6.45, 7) is 5.71. The highest BCUT2D eigenvalue weighted by Gasteiger charge is 2.06.